The first-order valence-corrected chi connectivity index (χ1v) is 11.4. The van der Waals surface area contributed by atoms with Gasteiger partial charge in [-0.2, -0.15) is 18.4 Å². The van der Waals surface area contributed by atoms with Gasteiger partial charge in [0.2, 0.25) is 0 Å². The lowest BCUT2D eigenvalue weighted by molar-refractivity contribution is -0.139. The van der Waals surface area contributed by atoms with Crippen LogP contribution in [0.1, 0.15) is 11.5 Å². The average Bonchev–Trinajstić information content (AvgIpc) is 2.82. The van der Waals surface area contributed by atoms with Crippen LogP contribution in [-0.2, 0) is 19.1 Å². The Morgan fingerprint density at radius 1 is 1.11 bits per heavy atom. The second-order valence-electron chi connectivity index (χ2n) is 7.00. The number of nitriles is 1. The van der Waals surface area contributed by atoms with Crippen LogP contribution in [0.15, 0.2) is 80.6 Å². The van der Waals surface area contributed by atoms with Crippen LogP contribution in [0.25, 0.3) is 0 Å². The van der Waals surface area contributed by atoms with Crippen molar-refractivity contribution in [2.75, 3.05) is 19.1 Å². The van der Waals surface area contributed by atoms with E-state index >= 15 is 0 Å². The number of carbonyl (C=O) groups is 2. The van der Waals surface area contributed by atoms with Gasteiger partial charge in [-0.05, 0) is 51.5 Å². The molecule has 2 aromatic carbocycles. The molecule has 0 saturated carbocycles. The first-order chi connectivity index (χ1) is 16.5. The van der Waals surface area contributed by atoms with Crippen molar-refractivity contribution in [1.82, 2.24) is 0 Å². The summed E-state index contributed by atoms with van der Waals surface area (Å²) in [6.07, 6.45) is 0. The second kappa shape index (κ2) is 10.5. The van der Waals surface area contributed by atoms with Gasteiger partial charge in [-0.3, -0.25) is 4.90 Å². The smallest absolute Gasteiger partial charge is 0.446 e. The molecule has 2 N–H and O–H groups in total. The molecule has 182 valence electrons. The number of nitrogens with zero attached hydrogens (tertiary/aromatic N) is 2. The Morgan fingerprint density at radius 2 is 1.74 bits per heavy atom. The average molecular weight is 568 g/mol. The van der Waals surface area contributed by atoms with Gasteiger partial charge in [0.15, 0.2) is 0 Å². The number of halogens is 4. The molecule has 1 atom stereocenters. The lowest BCUT2D eigenvalue weighted by Gasteiger charge is -2.36. The van der Waals surface area contributed by atoms with Gasteiger partial charge in [-0.1, -0.05) is 30.3 Å². The number of methoxy groups -OCH3 is 2. The molecule has 7 nitrogen and oxygen atoms in total. The molecule has 2 aromatic rings. The van der Waals surface area contributed by atoms with Crippen molar-refractivity contribution in [3.05, 3.63) is 81.2 Å². The lowest BCUT2D eigenvalue weighted by Crippen LogP contribution is -2.40. The molecular weight excluding hydrogens is 551 g/mol. The van der Waals surface area contributed by atoms with Crippen LogP contribution in [0, 0.1) is 11.3 Å². The van der Waals surface area contributed by atoms with Gasteiger partial charge >= 0.3 is 17.4 Å². The molecule has 0 radical (unpaired) electrons. The minimum atomic E-state index is -4.52. The molecule has 0 saturated heterocycles. The van der Waals surface area contributed by atoms with Gasteiger partial charge in [0.05, 0.1) is 43.0 Å². The number of benzene rings is 2. The fraction of sp³-hybridized carbons (Fsp3) is 0.174. The molecule has 1 aliphatic heterocycles. The molecule has 0 spiro atoms. The summed E-state index contributed by atoms with van der Waals surface area (Å²) in [5, 5.41) is 10.0. The van der Waals surface area contributed by atoms with E-state index < -0.39 is 23.4 Å². The van der Waals surface area contributed by atoms with E-state index in [2.05, 4.69) is 15.9 Å². The SMILES string of the molecule is COC(=O)C1=C(C(=O)OC)N(c2ccc(SC(F)(F)F)cc2Br)C(N)=C(C#N)C1c1ccccc1. The maximum Gasteiger partial charge on any atom is 0.446 e. The molecule has 12 heteroatoms. The third kappa shape index (κ3) is 5.31. The van der Waals surface area contributed by atoms with Crippen molar-refractivity contribution in [2.45, 2.75) is 16.3 Å². The Balaban J connectivity index is 2.34. The van der Waals surface area contributed by atoms with Gasteiger partial charge in [0.25, 0.3) is 0 Å². The van der Waals surface area contributed by atoms with Gasteiger partial charge in [0.1, 0.15) is 11.5 Å². The second-order valence-corrected chi connectivity index (χ2v) is 8.99. The van der Waals surface area contributed by atoms with Crippen LogP contribution in [0.5, 0.6) is 0 Å². The fourth-order valence-electron chi connectivity index (χ4n) is 3.63. The van der Waals surface area contributed by atoms with Crippen molar-refractivity contribution in [3.63, 3.8) is 0 Å². The zero-order chi connectivity index (χ0) is 25.9. The summed E-state index contributed by atoms with van der Waals surface area (Å²) in [7, 11) is 2.21. The first kappa shape index (κ1) is 26.2. The zero-order valence-electron chi connectivity index (χ0n) is 18.2. The molecule has 1 unspecified atom stereocenters. The molecule has 1 aliphatic rings. The summed E-state index contributed by atoms with van der Waals surface area (Å²) >= 11 is 2.89. The van der Waals surface area contributed by atoms with Crippen molar-refractivity contribution < 1.29 is 32.2 Å². The van der Waals surface area contributed by atoms with Crippen molar-refractivity contribution >= 4 is 45.3 Å². The molecule has 1 heterocycles. The van der Waals surface area contributed by atoms with E-state index in [1.54, 1.807) is 30.3 Å². The molecule has 0 fully saturated rings. The fourth-order valence-corrected chi connectivity index (χ4v) is 4.92. The van der Waals surface area contributed by atoms with Crippen LogP contribution in [0.3, 0.4) is 0 Å². The Kier molecular flexibility index (Phi) is 7.82. The molecule has 0 amide bonds. The highest BCUT2D eigenvalue weighted by Crippen LogP contribution is 2.46. The predicted molar refractivity (Wildman–Crippen MR) is 126 cm³/mol. The number of carbonyl (C=O) groups excluding carboxylic acids is 2. The third-order valence-corrected chi connectivity index (χ3v) is 6.36. The van der Waals surface area contributed by atoms with Crippen molar-refractivity contribution in [1.29, 1.82) is 5.26 Å². The normalized spacial score (nSPS) is 16.1. The molecular formula is C23H17BrF3N3O4S. The number of rotatable bonds is 5. The number of esters is 2. The Bertz CT molecular complexity index is 1270. The third-order valence-electron chi connectivity index (χ3n) is 5.00. The van der Waals surface area contributed by atoms with Gasteiger partial charge in [-0.25, -0.2) is 9.59 Å². The van der Waals surface area contributed by atoms with Crippen molar-refractivity contribution in [3.8, 4) is 6.07 Å². The predicted octanol–water partition coefficient (Wildman–Crippen LogP) is 4.96. The molecule has 3 rings (SSSR count). The monoisotopic (exact) mass is 567 g/mol. The Labute approximate surface area is 211 Å². The summed E-state index contributed by atoms with van der Waals surface area (Å²) in [5.41, 5.74) is 1.84. The van der Waals surface area contributed by atoms with Crippen LogP contribution in [-0.4, -0.2) is 31.7 Å². The zero-order valence-corrected chi connectivity index (χ0v) is 20.6. The highest BCUT2D eigenvalue weighted by Gasteiger charge is 2.43. The maximum absolute atomic E-state index is 13.0. The van der Waals surface area contributed by atoms with E-state index in [1.807, 2.05) is 6.07 Å². The van der Waals surface area contributed by atoms with Gasteiger partial charge < -0.3 is 15.2 Å². The van der Waals surface area contributed by atoms with E-state index in [0.717, 1.165) is 19.1 Å². The van der Waals surface area contributed by atoms with Gasteiger partial charge in [0, 0.05) is 9.37 Å². The molecule has 0 aliphatic carbocycles. The van der Waals surface area contributed by atoms with E-state index in [4.69, 9.17) is 15.2 Å². The number of anilines is 1. The summed E-state index contributed by atoms with van der Waals surface area (Å²) in [6, 6.07) is 14.1. The Morgan fingerprint density at radius 3 is 2.26 bits per heavy atom. The number of allylic oxidation sites excluding steroid dienone is 1. The first-order valence-electron chi connectivity index (χ1n) is 9.75. The lowest BCUT2D eigenvalue weighted by atomic mass is 9.81. The number of ether oxygens (including phenoxy) is 2. The number of hydrogen-bond donors (Lipinski definition) is 1. The van der Waals surface area contributed by atoms with Crippen molar-refractivity contribution in [2.24, 2.45) is 5.73 Å². The highest BCUT2D eigenvalue weighted by molar-refractivity contribution is 9.10. The van der Waals surface area contributed by atoms with E-state index in [1.165, 1.54) is 18.2 Å². The minimum absolute atomic E-state index is 0.0649. The number of nitrogens with two attached hydrogens (primary N) is 1. The summed E-state index contributed by atoms with van der Waals surface area (Å²) < 4.78 is 48.5. The quantitative estimate of drug-likeness (QED) is 0.399. The molecule has 35 heavy (non-hydrogen) atoms. The van der Waals surface area contributed by atoms with E-state index in [9.17, 15) is 28.0 Å². The van der Waals surface area contributed by atoms with Crippen LogP contribution in [0.2, 0.25) is 0 Å². The van der Waals surface area contributed by atoms with Crippen LogP contribution >= 0.6 is 27.7 Å². The minimum Gasteiger partial charge on any atom is -0.466 e. The van der Waals surface area contributed by atoms with Gasteiger partial charge in [-0.15, -0.1) is 0 Å². The number of thioether (sulfide) groups is 1. The maximum atomic E-state index is 13.0. The summed E-state index contributed by atoms with van der Waals surface area (Å²) in [5.74, 6) is -3.14. The molecule has 0 aromatic heterocycles. The molecule has 0 bridgehead atoms. The highest BCUT2D eigenvalue weighted by atomic mass is 79.9. The Hall–Kier alpha value is -3.43. The van der Waals surface area contributed by atoms with E-state index in [-0.39, 0.29) is 49.5 Å². The summed E-state index contributed by atoms with van der Waals surface area (Å²) in [6.45, 7) is 0. The van der Waals surface area contributed by atoms with Crippen LogP contribution in [0.4, 0.5) is 18.9 Å². The standard InChI is InChI=1S/C23H17BrF3N3O4S/c1-33-21(31)18-17(12-6-4-3-5-7-12)14(11-28)20(29)30(19(18)22(32)34-2)16-9-8-13(10-15(16)24)35-23(25,26)27/h3-10,17H,29H2,1-2H3. The topological polar surface area (TPSA) is 106 Å². The van der Waals surface area contributed by atoms with E-state index in [0.29, 0.717) is 5.56 Å². The van der Waals surface area contributed by atoms with Crippen LogP contribution < -0.4 is 10.6 Å². The number of hydrogen-bond acceptors (Lipinski definition) is 8. The largest absolute Gasteiger partial charge is 0.466 e. The summed E-state index contributed by atoms with van der Waals surface area (Å²) in [4.78, 5) is 27.0. The number of alkyl halides is 3.